The number of carbonyl (C=O) groups is 2. The predicted octanol–water partition coefficient (Wildman–Crippen LogP) is 2.90. The molecule has 1 fully saturated rings. The summed E-state index contributed by atoms with van der Waals surface area (Å²) in [5.74, 6) is 0.163. The lowest BCUT2D eigenvalue weighted by Gasteiger charge is -2.28. The minimum Gasteiger partial charge on any atom is -0.507 e. The third-order valence-electron chi connectivity index (χ3n) is 3.16. The predicted molar refractivity (Wildman–Crippen MR) is 81.0 cm³/mol. The highest BCUT2D eigenvalue weighted by Gasteiger charge is 2.27. The number of hydrogen-bond acceptors (Lipinski definition) is 5. The molecule has 0 bridgehead atoms. The Morgan fingerprint density at radius 2 is 2.10 bits per heavy atom. The van der Waals surface area contributed by atoms with E-state index in [2.05, 4.69) is 5.32 Å². The van der Waals surface area contributed by atoms with Gasteiger partial charge in [-0.25, -0.2) is 0 Å². The SMILES string of the molecule is CC1(C)C=Cc2c(ccc(/C=C3/SC(=O)NC3=O)c2O)O1. The number of hydrogen-bond donors (Lipinski definition) is 2. The Hall–Kier alpha value is -2.21. The molecule has 2 aliphatic heterocycles. The van der Waals surface area contributed by atoms with Crippen LogP contribution in [-0.2, 0) is 4.79 Å². The zero-order valence-electron chi connectivity index (χ0n) is 11.5. The summed E-state index contributed by atoms with van der Waals surface area (Å²) in [6.45, 7) is 3.84. The molecule has 6 heteroatoms. The summed E-state index contributed by atoms with van der Waals surface area (Å²) in [6, 6.07) is 3.40. The fraction of sp³-hybridized carbons (Fsp3) is 0.200. The molecule has 0 aliphatic carbocycles. The summed E-state index contributed by atoms with van der Waals surface area (Å²) in [5.41, 5.74) is 0.611. The number of ether oxygens (including phenoxy) is 1. The fourth-order valence-electron chi connectivity index (χ4n) is 2.14. The van der Waals surface area contributed by atoms with Gasteiger partial charge in [0.05, 0.1) is 10.5 Å². The van der Waals surface area contributed by atoms with Crippen LogP contribution in [0, 0.1) is 0 Å². The third kappa shape index (κ3) is 2.54. The lowest BCUT2D eigenvalue weighted by Crippen LogP contribution is -2.27. The number of amides is 2. The van der Waals surface area contributed by atoms with E-state index in [1.54, 1.807) is 18.2 Å². The van der Waals surface area contributed by atoms with Gasteiger partial charge in [-0.05, 0) is 56.0 Å². The van der Waals surface area contributed by atoms with E-state index >= 15 is 0 Å². The maximum atomic E-state index is 11.5. The number of nitrogens with one attached hydrogen (secondary N) is 1. The van der Waals surface area contributed by atoms with Crippen molar-refractivity contribution in [1.82, 2.24) is 5.32 Å². The summed E-state index contributed by atoms with van der Waals surface area (Å²) >= 11 is 0.816. The zero-order chi connectivity index (χ0) is 15.2. The van der Waals surface area contributed by atoms with E-state index in [9.17, 15) is 14.7 Å². The highest BCUT2D eigenvalue weighted by Crippen LogP contribution is 2.39. The van der Waals surface area contributed by atoms with Crippen LogP contribution in [0.25, 0.3) is 12.2 Å². The number of imide groups is 1. The molecule has 2 amide bonds. The van der Waals surface area contributed by atoms with Gasteiger partial charge in [0.15, 0.2) is 0 Å². The summed E-state index contributed by atoms with van der Waals surface area (Å²) in [5, 5.41) is 12.1. The van der Waals surface area contributed by atoms with Crippen molar-refractivity contribution in [1.29, 1.82) is 0 Å². The van der Waals surface area contributed by atoms with Gasteiger partial charge in [0, 0.05) is 5.56 Å². The van der Waals surface area contributed by atoms with E-state index in [1.807, 2.05) is 19.9 Å². The molecule has 21 heavy (non-hydrogen) atoms. The minimum absolute atomic E-state index is 0.0273. The van der Waals surface area contributed by atoms with Gasteiger partial charge in [0.1, 0.15) is 17.1 Å². The molecular weight excluding hydrogens is 290 g/mol. The molecule has 0 radical (unpaired) electrons. The molecule has 1 aromatic carbocycles. The first kappa shape index (κ1) is 13.8. The largest absolute Gasteiger partial charge is 0.507 e. The molecule has 1 aromatic rings. The van der Waals surface area contributed by atoms with Crippen LogP contribution in [0.2, 0.25) is 0 Å². The first-order valence-electron chi connectivity index (χ1n) is 6.35. The number of phenolic OH excluding ortho intramolecular Hbond substituents is 1. The topological polar surface area (TPSA) is 75.6 Å². The Balaban J connectivity index is 2.02. The van der Waals surface area contributed by atoms with Crippen molar-refractivity contribution < 1.29 is 19.4 Å². The quantitative estimate of drug-likeness (QED) is 0.780. The number of aromatic hydroxyl groups is 1. The van der Waals surface area contributed by atoms with E-state index in [4.69, 9.17) is 4.74 Å². The molecule has 0 unspecified atom stereocenters. The lowest BCUT2D eigenvalue weighted by atomic mass is 9.99. The Labute approximate surface area is 125 Å². The average Bonchev–Trinajstić information content (AvgIpc) is 2.70. The highest BCUT2D eigenvalue weighted by atomic mass is 32.2. The number of carbonyl (C=O) groups excluding carboxylic acids is 2. The molecule has 108 valence electrons. The van der Waals surface area contributed by atoms with Crippen LogP contribution in [0.3, 0.4) is 0 Å². The maximum absolute atomic E-state index is 11.5. The van der Waals surface area contributed by atoms with E-state index < -0.39 is 16.7 Å². The molecule has 2 aliphatic rings. The molecule has 2 heterocycles. The van der Waals surface area contributed by atoms with Crippen LogP contribution in [0.4, 0.5) is 4.79 Å². The van der Waals surface area contributed by atoms with Crippen LogP contribution in [0.1, 0.15) is 25.0 Å². The van der Waals surface area contributed by atoms with Crippen LogP contribution in [0.5, 0.6) is 11.5 Å². The van der Waals surface area contributed by atoms with Crippen LogP contribution in [-0.4, -0.2) is 21.9 Å². The summed E-state index contributed by atoms with van der Waals surface area (Å²) in [7, 11) is 0. The van der Waals surface area contributed by atoms with Gasteiger partial charge in [0.2, 0.25) is 0 Å². The number of phenols is 1. The van der Waals surface area contributed by atoms with Gasteiger partial charge in [-0.15, -0.1) is 0 Å². The number of benzene rings is 1. The number of fused-ring (bicyclic) bond motifs is 1. The Morgan fingerprint density at radius 1 is 1.33 bits per heavy atom. The van der Waals surface area contributed by atoms with Gasteiger partial charge in [0.25, 0.3) is 11.1 Å². The summed E-state index contributed by atoms with van der Waals surface area (Å²) in [6.07, 6.45) is 5.14. The van der Waals surface area contributed by atoms with E-state index in [-0.39, 0.29) is 10.7 Å². The van der Waals surface area contributed by atoms with E-state index in [1.165, 1.54) is 6.08 Å². The average molecular weight is 303 g/mol. The monoisotopic (exact) mass is 303 g/mol. The highest BCUT2D eigenvalue weighted by molar-refractivity contribution is 8.18. The second-order valence-electron chi connectivity index (χ2n) is 5.31. The summed E-state index contributed by atoms with van der Waals surface area (Å²) < 4.78 is 5.76. The van der Waals surface area contributed by atoms with Crippen molar-refractivity contribution in [3.05, 3.63) is 34.2 Å². The number of rotatable bonds is 1. The van der Waals surface area contributed by atoms with Gasteiger partial charge in [-0.2, -0.15) is 0 Å². The third-order valence-corrected chi connectivity index (χ3v) is 3.97. The second kappa shape index (κ2) is 4.66. The zero-order valence-corrected chi connectivity index (χ0v) is 12.3. The van der Waals surface area contributed by atoms with Crippen LogP contribution in [0.15, 0.2) is 23.1 Å². The van der Waals surface area contributed by atoms with E-state index in [0.717, 1.165) is 11.8 Å². The summed E-state index contributed by atoms with van der Waals surface area (Å²) in [4.78, 5) is 22.9. The van der Waals surface area contributed by atoms with Gasteiger partial charge in [-0.3, -0.25) is 14.9 Å². The minimum atomic E-state index is -0.449. The smallest absolute Gasteiger partial charge is 0.290 e. The van der Waals surface area contributed by atoms with Gasteiger partial charge >= 0.3 is 0 Å². The number of thioether (sulfide) groups is 1. The first-order chi connectivity index (χ1) is 9.85. The van der Waals surface area contributed by atoms with Gasteiger partial charge < -0.3 is 9.84 Å². The molecule has 3 rings (SSSR count). The van der Waals surface area contributed by atoms with Crippen LogP contribution >= 0.6 is 11.8 Å². The Bertz CT molecular complexity index is 719. The normalized spacial score (nSPS) is 21.1. The van der Waals surface area contributed by atoms with Crippen molar-refractivity contribution >= 4 is 35.1 Å². The van der Waals surface area contributed by atoms with Crippen LogP contribution < -0.4 is 10.1 Å². The van der Waals surface area contributed by atoms with Gasteiger partial charge in [-0.1, -0.05) is 0 Å². The van der Waals surface area contributed by atoms with Crippen molar-refractivity contribution in [3.8, 4) is 11.5 Å². The fourth-order valence-corrected chi connectivity index (χ4v) is 2.81. The molecule has 5 nitrogen and oxygen atoms in total. The molecule has 0 spiro atoms. The van der Waals surface area contributed by atoms with Crippen molar-refractivity contribution in [3.63, 3.8) is 0 Å². The lowest BCUT2D eigenvalue weighted by molar-refractivity contribution is -0.115. The van der Waals surface area contributed by atoms with Crippen molar-refractivity contribution in [2.24, 2.45) is 0 Å². The maximum Gasteiger partial charge on any atom is 0.290 e. The molecule has 0 aromatic heterocycles. The van der Waals surface area contributed by atoms with Crippen molar-refractivity contribution in [2.45, 2.75) is 19.4 Å². The Kier molecular flexibility index (Phi) is 3.06. The molecule has 0 saturated carbocycles. The molecular formula is C15H13NO4S. The van der Waals surface area contributed by atoms with E-state index in [0.29, 0.717) is 16.9 Å². The molecule has 1 saturated heterocycles. The standard InChI is InChI=1S/C15H13NO4S/c1-15(2)6-5-9-10(20-15)4-3-8(12(9)17)7-11-13(18)16-14(19)21-11/h3-7,17H,1-2H3,(H,16,18,19)/b11-7+. The first-order valence-corrected chi connectivity index (χ1v) is 7.16. The molecule has 2 N–H and O–H groups in total. The van der Waals surface area contributed by atoms with Crippen molar-refractivity contribution in [2.75, 3.05) is 0 Å². The Morgan fingerprint density at radius 3 is 2.76 bits per heavy atom. The second-order valence-corrected chi connectivity index (χ2v) is 6.32. The molecule has 0 atom stereocenters.